The summed E-state index contributed by atoms with van der Waals surface area (Å²) in [4.78, 5) is 4.01. The number of aryl methyl sites for hydroxylation is 1. The number of aromatic nitrogens is 1. The van der Waals surface area contributed by atoms with Crippen LogP contribution in [0.15, 0.2) is 47.0 Å². The Morgan fingerprint density at radius 1 is 1.34 bits per heavy atom. The van der Waals surface area contributed by atoms with Crippen LogP contribution in [0.1, 0.15) is 29.5 Å². The zero-order chi connectivity index (χ0) is 23.2. The minimum atomic E-state index is -4.18. The predicted molar refractivity (Wildman–Crippen MR) is 118 cm³/mol. The van der Waals surface area contributed by atoms with E-state index in [0.29, 0.717) is 5.56 Å². The van der Waals surface area contributed by atoms with Crippen LogP contribution in [0.4, 0.5) is 4.39 Å². The van der Waals surface area contributed by atoms with E-state index >= 15 is 0 Å². The Bertz CT molecular complexity index is 1230. The Kier molecular flexibility index (Phi) is 5.87. The second-order valence-electron chi connectivity index (χ2n) is 7.64. The number of nitrogens with one attached hydrogen (secondary N) is 1. The van der Waals surface area contributed by atoms with Gasteiger partial charge < -0.3 is 9.47 Å². The van der Waals surface area contributed by atoms with Gasteiger partial charge in [-0.2, -0.15) is 4.31 Å². The summed E-state index contributed by atoms with van der Waals surface area (Å²) in [6, 6.07) is 3.47. The van der Waals surface area contributed by atoms with Crippen molar-refractivity contribution in [1.29, 1.82) is 0 Å². The molecular formula is C21H22ClFN4O4S. The molecule has 0 amide bonds. The lowest BCUT2D eigenvalue weighted by Crippen LogP contribution is -2.49. The zero-order valence-corrected chi connectivity index (χ0v) is 19.3. The molecule has 0 fully saturated rings. The number of nitrogens with zero attached hydrogens (tertiary/aromatic N) is 3. The van der Waals surface area contributed by atoms with E-state index in [1.54, 1.807) is 19.9 Å². The first-order valence-corrected chi connectivity index (χ1v) is 11.7. The number of sulfonamides is 1. The maximum absolute atomic E-state index is 15.0. The number of hydrogen-bond donors (Lipinski definition) is 1. The Hall–Kier alpha value is -2.69. The van der Waals surface area contributed by atoms with Gasteiger partial charge in [-0.15, -0.1) is 5.10 Å². The van der Waals surface area contributed by atoms with Gasteiger partial charge in [0.05, 0.1) is 5.02 Å². The average molecular weight is 481 g/mol. The molecule has 0 radical (unpaired) electrons. The van der Waals surface area contributed by atoms with Gasteiger partial charge in [-0.25, -0.2) is 23.2 Å². The minimum absolute atomic E-state index is 0.0351. The van der Waals surface area contributed by atoms with Gasteiger partial charge in [0.1, 0.15) is 18.5 Å². The molecule has 2 unspecified atom stereocenters. The standard InChI is InChI=1S/C21H22ClFN4O4S/c1-11-5-6-16(23)18(12(11)2)13(3)19(20-26-25-14(4)31-20)27-7-8-30-17-9-15(22)10-24-21(17)32(27,28)29/h5-6,9-10,13,19,25H,4,7-8H2,1-3H3. The molecule has 8 nitrogen and oxygen atoms in total. The van der Waals surface area contributed by atoms with Crippen LogP contribution >= 0.6 is 11.6 Å². The summed E-state index contributed by atoms with van der Waals surface area (Å²) in [6.45, 7) is 9.08. The average Bonchev–Trinajstić information content (AvgIpc) is 3.10. The molecule has 0 saturated carbocycles. The van der Waals surface area contributed by atoms with Crippen molar-refractivity contribution in [1.82, 2.24) is 14.7 Å². The molecule has 32 heavy (non-hydrogen) atoms. The number of benzene rings is 1. The van der Waals surface area contributed by atoms with Gasteiger partial charge in [-0.05, 0) is 43.2 Å². The molecule has 0 aliphatic carbocycles. The normalized spacial score (nSPS) is 19.7. The first kappa shape index (κ1) is 22.5. The number of halogens is 2. The lowest BCUT2D eigenvalue weighted by molar-refractivity contribution is 0.247. The lowest BCUT2D eigenvalue weighted by Gasteiger charge is -2.33. The van der Waals surface area contributed by atoms with Crippen LogP contribution in [-0.2, 0) is 14.8 Å². The fourth-order valence-electron chi connectivity index (χ4n) is 3.99. The van der Waals surface area contributed by atoms with Crippen molar-refractivity contribution in [3.05, 3.63) is 64.4 Å². The van der Waals surface area contributed by atoms with Crippen LogP contribution in [-0.4, -0.2) is 42.8 Å². The lowest BCUT2D eigenvalue weighted by atomic mass is 9.87. The third-order valence-corrected chi connectivity index (χ3v) is 7.68. The van der Waals surface area contributed by atoms with E-state index in [2.05, 4.69) is 22.1 Å². The van der Waals surface area contributed by atoms with Gasteiger partial charge in [0.25, 0.3) is 10.0 Å². The maximum Gasteiger partial charge on any atom is 0.265 e. The molecule has 2 aliphatic rings. The van der Waals surface area contributed by atoms with Crippen LogP contribution in [0.2, 0.25) is 5.02 Å². The van der Waals surface area contributed by atoms with E-state index < -0.39 is 27.8 Å². The van der Waals surface area contributed by atoms with E-state index in [9.17, 15) is 12.8 Å². The van der Waals surface area contributed by atoms with Crippen molar-refractivity contribution < 1.29 is 22.3 Å². The van der Waals surface area contributed by atoms with Gasteiger partial charge in [-0.1, -0.05) is 24.6 Å². The van der Waals surface area contributed by atoms with Gasteiger partial charge in [-0.3, -0.25) is 0 Å². The third-order valence-electron chi connectivity index (χ3n) is 5.65. The monoisotopic (exact) mass is 480 g/mol. The van der Waals surface area contributed by atoms with Crippen molar-refractivity contribution in [3.63, 3.8) is 0 Å². The Balaban J connectivity index is 1.87. The van der Waals surface area contributed by atoms with Crippen molar-refractivity contribution in [3.8, 4) is 5.75 Å². The Morgan fingerprint density at radius 3 is 2.78 bits per heavy atom. The van der Waals surface area contributed by atoms with E-state index in [-0.39, 0.29) is 40.7 Å². The molecule has 0 spiro atoms. The fourth-order valence-corrected chi connectivity index (χ4v) is 5.81. The van der Waals surface area contributed by atoms with Crippen LogP contribution in [0.25, 0.3) is 0 Å². The summed E-state index contributed by atoms with van der Waals surface area (Å²) < 4.78 is 54.8. The number of ether oxygens (including phenoxy) is 2. The minimum Gasteiger partial charge on any atom is -0.489 e. The molecule has 170 valence electrons. The molecule has 2 aromatic rings. The highest BCUT2D eigenvalue weighted by Crippen LogP contribution is 2.37. The summed E-state index contributed by atoms with van der Waals surface area (Å²) in [5.74, 6) is -0.841. The van der Waals surface area contributed by atoms with E-state index in [1.165, 1.54) is 22.6 Å². The summed E-state index contributed by atoms with van der Waals surface area (Å²) in [6.07, 6.45) is 1.24. The van der Waals surface area contributed by atoms with Crippen LogP contribution in [0.3, 0.4) is 0 Å². The van der Waals surface area contributed by atoms with Crippen molar-refractivity contribution in [2.45, 2.75) is 37.8 Å². The first-order chi connectivity index (χ1) is 15.1. The molecule has 11 heteroatoms. The topological polar surface area (TPSA) is 93.1 Å². The second-order valence-corrected chi connectivity index (χ2v) is 9.89. The van der Waals surface area contributed by atoms with Crippen molar-refractivity contribution in [2.75, 3.05) is 13.2 Å². The van der Waals surface area contributed by atoms with Crippen LogP contribution in [0.5, 0.6) is 5.75 Å². The maximum atomic E-state index is 15.0. The molecule has 4 rings (SSSR count). The highest BCUT2D eigenvalue weighted by Gasteiger charge is 2.45. The SMILES string of the molecule is C=C1NN=C(C(C(C)c2c(F)ccc(C)c2C)N2CCOc3cc(Cl)cnc3S2(=O)=O)O1. The largest absolute Gasteiger partial charge is 0.489 e. The molecule has 1 N–H and O–H groups in total. The number of hydrogen-bond acceptors (Lipinski definition) is 7. The number of rotatable bonds is 4. The molecule has 2 atom stereocenters. The van der Waals surface area contributed by atoms with Crippen LogP contribution in [0, 0.1) is 19.7 Å². The summed E-state index contributed by atoms with van der Waals surface area (Å²) in [5, 5.41) is 4.10. The van der Waals surface area contributed by atoms with E-state index in [4.69, 9.17) is 21.1 Å². The summed E-state index contributed by atoms with van der Waals surface area (Å²) >= 11 is 5.97. The van der Waals surface area contributed by atoms with Gasteiger partial charge in [0.2, 0.25) is 16.8 Å². The fraction of sp³-hybridized carbons (Fsp3) is 0.333. The van der Waals surface area contributed by atoms with E-state index in [1.807, 2.05) is 6.92 Å². The third kappa shape index (κ3) is 3.82. The number of pyridine rings is 1. The van der Waals surface area contributed by atoms with Crippen LogP contribution < -0.4 is 10.2 Å². The molecule has 2 aliphatic heterocycles. The van der Waals surface area contributed by atoms with E-state index in [0.717, 1.165) is 11.1 Å². The Morgan fingerprint density at radius 2 is 2.09 bits per heavy atom. The number of hydrazone groups is 1. The van der Waals surface area contributed by atoms with Gasteiger partial charge in [0.15, 0.2) is 5.75 Å². The van der Waals surface area contributed by atoms with Gasteiger partial charge >= 0.3 is 0 Å². The highest BCUT2D eigenvalue weighted by molar-refractivity contribution is 7.89. The predicted octanol–water partition coefficient (Wildman–Crippen LogP) is 3.45. The first-order valence-electron chi connectivity index (χ1n) is 9.87. The Labute approximate surface area is 190 Å². The van der Waals surface area contributed by atoms with Crippen molar-refractivity contribution in [2.24, 2.45) is 5.10 Å². The zero-order valence-electron chi connectivity index (χ0n) is 17.7. The summed E-state index contributed by atoms with van der Waals surface area (Å²) in [5.41, 5.74) is 4.58. The molecule has 0 saturated heterocycles. The molecule has 0 bridgehead atoms. The molecule has 3 heterocycles. The number of fused-ring (bicyclic) bond motifs is 1. The van der Waals surface area contributed by atoms with Gasteiger partial charge in [0, 0.05) is 24.7 Å². The second kappa shape index (κ2) is 8.34. The van der Waals surface area contributed by atoms with Crippen molar-refractivity contribution >= 4 is 27.5 Å². The molecular weight excluding hydrogens is 459 g/mol. The highest BCUT2D eigenvalue weighted by atomic mass is 35.5. The quantitative estimate of drug-likeness (QED) is 0.720. The smallest absolute Gasteiger partial charge is 0.265 e. The molecule has 1 aromatic heterocycles. The molecule has 1 aromatic carbocycles. The summed E-state index contributed by atoms with van der Waals surface area (Å²) in [7, 11) is -4.18.